The van der Waals surface area contributed by atoms with Gasteiger partial charge in [0.2, 0.25) is 5.91 Å². The number of ether oxygens (including phenoxy) is 2. The zero-order chi connectivity index (χ0) is 13.3. The van der Waals surface area contributed by atoms with Gasteiger partial charge in [0.05, 0.1) is 12.7 Å². The lowest BCUT2D eigenvalue weighted by Gasteiger charge is -2.20. The van der Waals surface area contributed by atoms with Crippen LogP contribution >= 0.6 is 0 Å². The van der Waals surface area contributed by atoms with Gasteiger partial charge in [0.15, 0.2) is 0 Å². The summed E-state index contributed by atoms with van der Waals surface area (Å²) in [5.74, 6) is 0.0277. The lowest BCUT2D eigenvalue weighted by molar-refractivity contribution is -0.121. The monoisotopic (exact) mass is 246 g/mol. The third kappa shape index (κ3) is 10.2. The van der Waals surface area contributed by atoms with Crippen molar-refractivity contribution in [2.75, 3.05) is 33.9 Å². The third-order valence-corrected chi connectivity index (χ3v) is 2.22. The molecule has 0 spiro atoms. The first-order chi connectivity index (χ1) is 7.89. The molecular formula is C12H26N2O3. The Bertz CT molecular complexity index is 214. The highest BCUT2D eigenvalue weighted by Gasteiger charge is 2.11. The third-order valence-electron chi connectivity index (χ3n) is 2.22. The predicted molar refractivity (Wildman–Crippen MR) is 68.1 cm³/mol. The summed E-state index contributed by atoms with van der Waals surface area (Å²) in [6, 6.07) is 0. The normalized spacial score (nSPS) is 13.5. The van der Waals surface area contributed by atoms with E-state index in [-0.39, 0.29) is 17.6 Å². The fourth-order valence-corrected chi connectivity index (χ4v) is 1.26. The molecule has 1 atom stereocenters. The molecule has 0 bridgehead atoms. The molecule has 0 radical (unpaired) electrons. The second kappa shape index (κ2) is 8.44. The molecule has 0 aromatic heterocycles. The number of carbonyl (C=O) groups is 1. The average Bonchev–Trinajstić information content (AvgIpc) is 2.22. The van der Waals surface area contributed by atoms with Crippen LogP contribution in [0, 0.1) is 0 Å². The first-order valence-electron chi connectivity index (χ1n) is 5.92. The van der Waals surface area contributed by atoms with E-state index in [4.69, 9.17) is 9.47 Å². The van der Waals surface area contributed by atoms with E-state index in [0.29, 0.717) is 26.1 Å². The van der Waals surface area contributed by atoms with Crippen molar-refractivity contribution >= 4 is 5.91 Å². The summed E-state index contributed by atoms with van der Waals surface area (Å²) < 4.78 is 10.1. The molecular weight excluding hydrogens is 220 g/mol. The van der Waals surface area contributed by atoms with Gasteiger partial charge in [-0.25, -0.2) is 0 Å². The van der Waals surface area contributed by atoms with Crippen molar-refractivity contribution in [3.05, 3.63) is 0 Å². The fourth-order valence-electron chi connectivity index (χ4n) is 1.26. The molecule has 2 N–H and O–H groups in total. The maximum absolute atomic E-state index is 11.5. The maximum Gasteiger partial charge on any atom is 0.221 e. The fraction of sp³-hybridized carbons (Fsp3) is 0.917. The van der Waals surface area contributed by atoms with Gasteiger partial charge in [0.1, 0.15) is 0 Å². The van der Waals surface area contributed by atoms with Gasteiger partial charge in [-0.2, -0.15) is 0 Å². The van der Waals surface area contributed by atoms with Crippen molar-refractivity contribution in [1.29, 1.82) is 0 Å². The molecule has 5 heteroatoms. The van der Waals surface area contributed by atoms with E-state index in [1.807, 2.05) is 0 Å². The Balaban J connectivity index is 3.65. The van der Waals surface area contributed by atoms with E-state index >= 15 is 0 Å². The van der Waals surface area contributed by atoms with E-state index in [0.717, 1.165) is 0 Å². The molecule has 5 nitrogen and oxygen atoms in total. The first-order valence-corrected chi connectivity index (χ1v) is 5.92. The number of carbonyl (C=O) groups excluding carboxylic acids is 1. The van der Waals surface area contributed by atoms with Gasteiger partial charge >= 0.3 is 0 Å². The van der Waals surface area contributed by atoms with Gasteiger partial charge in [-0.15, -0.1) is 0 Å². The van der Waals surface area contributed by atoms with Crippen LogP contribution in [0.2, 0.25) is 0 Å². The molecule has 102 valence electrons. The van der Waals surface area contributed by atoms with Gasteiger partial charge in [-0.3, -0.25) is 4.79 Å². The van der Waals surface area contributed by atoms with Crippen molar-refractivity contribution in [2.45, 2.75) is 38.8 Å². The molecule has 1 unspecified atom stereocenters. The Hall–Kier alpha value is -0.650. The van der Waals surface area contributed by atoms with Crippen molar-refractivity contribution in [3.8, 4) is 0 Å². The molecule has 1 amide bonds. The largest absolute Gasteiger partial charge is 0.382 e. The van der Waals surface area contributed by atoms with E-state index in [2.05, 4.69) is 31.4 Å². The van der Waals surface area contributed by atoms with Crippen LogP contribution in [0.25, 0.3) is 0 Å². The van der Waals surface area contributed by atoms with Crippen LogP contribution in [0.1, 0.15) is 27.2 Å². The summed E-state index contributed by atoms with van der Waals surface area (Å²) in [5.41, 5.74) is 0.0470. The smallest absolute Gasteiger partial charge is 0.221 e. The molecule has 0 saturated heterocycles. The molecule has 0 saturated carbocycles. The van der Waals surface area contributed by atoms with E-state index in [9.17, 15) is 4.79 Å². The van der Waals surface area contributed by atoms with Gasteiger partial charge in [-0.1, -0.05) is 0 Å². The van der Waals surface area contributed by atoms with E-state index < -0.39 is 0 Å². The van der Waals surface area contributed by atoms with E-state index in [1.54, 1.807) is 14.2 Å². The molecule has 0 fully saturated rings. The molecule has 0 aromatic carbocycles. The minimum Gasteiger partial charge on any atom is -0.382 e. The van der Waals surface area contributed by atoms with Crippen LogP contribution in [-0.2, 0) is 14.3 Å². The second-order valence-corrected chi connectivity index (χ2v) is 5.04. The summed E-state index contributed by atoms with van der Waals surface area (Å²) in [7, 11) is 3.22. The highest BCUT2D eigenvalue weighted by atomic mass is 16.5. The maximum atomic E-state index is 11.5. The van der Waals surface area contributed by atoms with Gasteiger partial charge < -0.3 is 20.1 Å². The summed E-state index contributed by atoms with van der Waals surface area (Å²) >= 11 is 0. The Morgan fingerprint density at radius 1 is 1.29 bits per heavy atom. The molecule has 0 rings (SSSR count). The standard InChI is InChI=1S/C12H26N2O3/c1-12(2,3)14-7-6-11(15)13-8-10(17-5)9-16-4/h10,14H,6-9H2,1-5H3,(H,13,15). The van der Waals surface area contributed by atoms with Gasteiger partial charge in [0.25, 0.3) is 0 Å². The topological polar surface area (TPSA) is 59.6 Å². The number of methoxy groups -OCH3 is 2. The molecule has 17 heavy (non-hydrogen) atoms. The predicted octanol–water partition coefficient (Wildman–Crippen LogP) is 0.542. The summed E-state index contributed by atoms with van der Waals surface area (Å²) in [4.78, 5) is 11.5. The van der Waals surface area contributed by atoms with Crippen LogP contribution in [-0.4, -0.2) is 51.5 Å². The summed E-state index contributed by atoms with van der Waals surface area (Å²) in [6.07, 6.45) is 0.389. The van der Waals surface area contributed by atoms with Crippen molar-refractivity contribution in [2.24, 2.45) is 0 Å². The Morgan fingerprint density at radius 3 is 2.41 bits per heavy atom. The van der Waals surface area contributed by atoms with Crippen LogP contribution in [0.4, 0.5) is 0 Å². The average molecular weight is 246 g/mol. The highest BCUT2D eigenvalue weighted by Crippen LogP contribution is 1.97. The van der Waals surface area contributed by atoms with Crippen LogP contribution in [0.5, 0.6) is 0 Å². The molecule has 0 aliphatic rings. The minimum atomic E-state index is -0.0838. The first kappa shape index (κ1) is 16.4. The molecule has 0 aliphatic heterocycles. The summed E-state index contributed by atoms with van der Waals surface area (Å²) in [6.45, 7) is 7.87. The van der Waals surface area contributed by atoms with E-state index in [1.165, 1.54) is 0 Å². The number of nitrogens with one attached hydrogen (secondary N) is 2. The number of hydrogen-bond acceptors (Lipinski definition) is 4. The van der Waals surface area contributed by atoms with Crippen LogP contribution in [0.15, 0.2) is 0 Å². The lowest BCUT2D eigenvalue weighted by atomic mass is 10.1. The lowest BCUT2D eigenvalue weighted by Crippen LogP contribution is -2.40. The SMILES string of the molecule is COCC(CNC(=O)CCNC(C)(C)C)OC. The second-order valence-electron chi connectivity index (χ2n) is 5.04. The van der Waals surface area contributed by atoms with Gasteiger partial charge in [-0.05, 0) is 20.8 Å². The number of amides is 1. The van der Waals surface area contributed by atoms with Crippen LogP contribution in [0.3, 0.4) is 0 Å². The number of rotatable bonds is 8. The molecule has 0 heterocycles. The van der Waals surface area contributed by atoms with Crippen molar-refractivity contribution in [1.82, 2.24) is 10.6 Å². The van der Waals surface area contributed by atoms with Crippen molar-refractivity contribution in [3.63, 3.8) is 0 Å². The van der Waals surface area contributed by atoms with Gasteiger partial charge in [0, 0.05) is 39.3 Å². The Labute approximate surface area is 104 Å². The Kier molecular flexibility index (Phi) is 8.12. The minimum absolute atomic E-state index is 0.0277. The number of hydrogen-bond donors (Lipinski definition) is 2. The zero-order valence-electron chi connectivity index (χ0n) is 11.6. The van der Waals surface area contributed by atoms with Crippen LogP contribution < -0.4 is 10.6 Å². The molecule has 0 aromatic rings. The summed E-state index contributed by atoms with van der Waals surface area (Å²) in [5, 5.41) is 6.08. The quantitative estimate of drug-likeness (QED) is 0.656. The highest BCUT2D eigenvalue weighted by molar-refractivity contribution is 5.76. The van der Waals surface area contributed by atoms with Crippen molar-refractivity contribution < 1.29 is 14.3 Å². The Morgan fingerprint density at radius 2 is 1.94 bits per heavy atom. The molecule has 0 aliphatic carbocycles. The zero-order valence-corrected chi connectivity index (χ0v) is 11.6.